The molecule has 1 saturated heterocycles. The lowest BCUT2D eigenvalue weighted by atomic mass is 10.1. The third-order valence-electron chi connectivity index (χ3n) is 4.49. The number of rotatable bonds is 8. The van der Waals surface area contributed by atoms with E-state index in [1.165, 1.54) is 17.7 Å². The second kappa shape index (κ2) is 10.0. The van der Waals surface area contributed by atoms with Crippen LogP contribution in [0.25, 0.3) is 0 Å². The number of carbonyl (C=O) groups excluding carboxylic acids is 1. The van der Waals surface area contributed by atoms with Crippen molar-refractivity contribution in [1.82, 2.24) is 10.2 Å². The molecule has 1 aliphatic heterocycles. The van der Waals surface area contributed by atoms with Gasteiger partial charge in [-0.1, -0.05) is 42.5 Å². The number of halogens is 1. The van der Waals surface area contributed by atoms with Gasteiger partial charge in [-0.05, 0) is 24.1 Å². The molecule has 3 rings (SSSR count). The molecule has 5 nitrogen and oxygen atoms in total. The Morgan fingerprint density at radius 1 is 1.19 bits per heavy atom. The number of hydrogen-bond donors (Lipinski definition) is 1. The Hall–Kier alpha value is -2.44. The van der Waals surface area contributed by atoms with Crippen LogP contribution in [0.2, 0.25) is 0 Å². The molecule has 1 aliphatic rings. The molecule has 0 aliphatic carbocycles. The third-order valence-corrected chi connectivity index (χ3v) is 4.49. The van der Waals surface area contributed by atoms with Crippen LogP contribution in [0.15, 0.2) is 54.6 Å². The maximum Gasteiger partial charge on any atom is 0.257 e. The van der Waals surface area contributed by atoms with Gasteiger partial charge in [-0.2, -0.15) is 0 Å². The maximum absolute atomic E-state index is 13.4. The van der Waals surface area contributed by atoms with Crippen LogP contribution in [0.1, 0.15) is 18.1 Å². The molecule has 1 atom stereocenters. The van der Waals surface area contributed by atoms with Gasteiger partial charge < -0.3 is 14.8 Å². The highest BCUT2D eigenvalue weighted by atomic mass is 19.1. The van der Waals surface area contributed by atoms with Crippen LogP contribution in [0.3, 0.4) is 0 Å². The Morgan fingerprint density at radius 3 is 2.78 bits per heavy atom. The van der Waals surface area contributed by atoms with Gasteiger partial charge in [0.2, 0.25) is 0 Å². The van der Waals surface area contributed by atoms with Crippen molar-refractivity contribution in [3.63, 3.8) is 0 Å². The van der Waals surface area contributed by atoms with Crippen molar-refractivity contribution in [2.75, 3.05) is 39.4 Å². The summed E-state index contributed by atoms with van der Waals surface area (Å²) in [5.74, 6) is -0.624. The van der Waals surface area contributed by atoms with E-state index in [0.717, 1.165) is 26.1 Å². The average molecular weight is 372 g/mol. The van der Waals surface area contributed by atoms with E-state index in [1.807, 2.05) is 18.2 Å². The minimum Gasteiger partial charge on any atom is -0.481 e. The minimum atomic E-state index is -0.467. The maximum atomic E-state index is 13.4. The molecule has 1 fully saturated rings. The number of amides is 1. The van der Waals surface area contributed by atoms with Gasteiger partial charge in [-0.15, -0.1) is 0 Å². The molecule has 1 N–H and O–H groups in total. The van der Waals surface area contributed by atoms with E-state index in [9.17, 15) is 9.18 Å². The van der Waals surface area contributed by atoms with Crippen LogP contribution in [0, 0.1) is 5.82 Å². The minimum absolute atomic E-state index is 0.0907. The zero-order chi connectivity index (χ0) is 18.9. The summed E-state index contributed by atoms with van der Waals surface area (Å²) in [6.07, 6.45) is 0.941. The van der Waals surface area contributed by atoms with Crippen molar-refractivity contribution in [2.24, 2.45) is 0 Å². The van der Waals surface area contributed by atoms with Crippen molar-refractivity contribution in [2.45, 2.75) is 12.5 Å². The fourth-order valence-electron chi connectivity index (χ4n) is 3.06. The first-order valence-electron chi connectivity index (χ1n) is 9.25. The molecule has 0 saturated carbocycles. The van der Waals surface area contributed by atoms with Crippen molar-refractivity contribution in [3.05, 3.63) is 66.0 Å². The molecular weight excluding hydrogens is 347 g/mol. The van der Waals surface area contributed by atoms with Gasteiger partial charge >= 0.3 is 0 Å². The molecule has 144 valence electrons. The lowest BCUT2D eigenvalue weighted by Gasteiger charge is -2.33. The highest BCUT2D eigenvalue weighted by Gasteiger charge is 2.21. The third kappa shape index (κ3) is 6.05. The summed E-state index contributed by atoms with van der Waals surface area (Å²) >= 11 is 0. The van der Waals surface area contributed by atoms with Crippen LogP contribution in [0.5, 0.6) is 5.75 Å². The summed E-state index contributed by atoms with van der Waals surface area (Å²) in [6, 6.07) is 16.3. The first-order valence-corrected chi connectivity index (χ1v) is 9.25. The summed E-state index contributed by atoms with van der Waals surface area (Å²) in [4.78, 5) is 14.2. The van der Waals surface area contributed by atoms with Crippen LogP contribution >= 0.6 is 0 Å². The lowest BCUT2D eigenvalue weighted by molar-refractivity contribution is -0.123. The van der Waals surface area contributed by atoms with E-state index >= 15 is 0 Å². The molecule has 1 amide bonds. The van der Waals surface area contributed by atoms with E-state index in [-0.39, 0.29) is 24.4 Å². The smallest absolute Gasteiger partial charge is 0.257 e. The summed E-state index contributed by atoms with van der Waals surface area (Å²) in [7, 11) is 0. The second-order valence-corrected chi connectivity index (χ2v) is 6.49. The molecule has 2 aromatic carbocycles. The molecule has 1 heterocycles. The monoisotopic (exact) mass is 372 g/mol. The first-order chi connectivity index (χ1) is 13.2. The van der Waals surface area contributed by atoms with Crippen LogP contribution in [-0.4, -0.2) is 50.2 Å². The molecule has 2 aromatic rings. The zero-order valence-corrected chi connectivity index (χ0v) is 15.3. The molecule has 27 heavy (non-hydrogen) atoms. The van der Waals surface area contributed by atoms with E-state index in [2.05, 4.69) is 22.3 Å². The van der Waals surface area contributed by atoms with Gasteiger partial charge in [0.05, 0.1) is 12.7 Å². The number of morpholine rings is 1. The van der Waals surface area contributed by atoms with Crippen LogP contribution < -0.4 is 10.1 Å². The predicted octanol–water partition coefficient (Wildman–Crippen LogP) is 2.78. The van der Waals surface area contributed by atoms with Crippen LogP contribution in [-0.2, 0) is 9.53 Å². The lowest BCUT2D eigenvalue weighted by Crippen LogP contribution is -2.40. The molecule has 0 spiro atoms. The number of para-hydroxylation sites is 1. The topological polar surface area (TPSA) is 50.8 Å². The van der Waals surface area contributed by atoms with Crippen molar-refractivity contribution in [1.29, 1.82) is 0 Å². The van der Waals surface area contributed by atoms with E-state index in [0.29, 0.717) is 13.2 Å². The Kier molecular flexibility index (Phi) is 7.19. The molecule has 0 radical (unpaired) electrons. The number of hydrogen-bond acceptors (Lipinski definition) is 4. The summed E-state index contributed by atoms with van der Waals surface area (Å²) < 4.78 is 24.5. The van der Waals surface area contributed by atoms with Gasteiger partial charge in [0.25, 0.3) is 5.91 Å². The molecule has 1 unspecified atom stereocenters. The molecular formula is C21H25FN2O3. The first kappa shape index (κ1) is 19.3. The SMILES string of the molecule is O=C(COc1ccccc1F)NCCCN1CCOC(c2ccccc2)C1. The number of ether oxygens (including phenoxy) is 2. The van der Waals surface area contributed by atoms with Crippen LogP contribution in [0.4, 0.5) is 4.39 Å². The van der Waals surface area contributed by atoms with Gasteiger partial charge in [0, 0.05) is 26.2 Å². The van der Waals surface area contributed by atoms with E-state index in [1.54, 1.807) is 12.1 Å². The van der Waals surface area contributed by atoms with Gasteiger partial charge in [0.1, 0.15) is 0 Å². The Labute approximate surface area is 159 Å². The molecule has 0 aromatic heterocycles. The van der Waals surface area contributed by atoms with E-state index < -0.39 is 5.82 Å². The predicted molar refractivity (Wildman–Crippen MR) is 101 cm³/mol. The summed E-state index contributed by atoms with van der Waals surface area (Å²) in [6.45, 7) is 3.73. The van der Waals surface area contributed by atoms with Crippen molar-refractivity contribution < 1.29 is 18.7 Å². The highest BCUT2D eigenvalue weighted by Crippen LogP contribution is 2.21. The highest BCUT2D eigenvalue weighted by molar-refractivity contribution is 5.77. The zero-order valence-electron chi connectivity index (χ0n) is 15.3. The van der Waals surface area contributed by atoms with Crippen molar-refractivity contribution in [3.8, 4) is 5.75 Å². The van der Waals surface area contributed by atoms with Gasteiger partial charge in [0.15, 0.2) is 18.2 Å². The fourth-order valence-corrected chi connectivity index (χ4v) is 3.06. The standard InChI is InChI=1S/C21H25FN2O3/c22-18-9-4-5-10-19(18)27-16-21(25)23-11-6-12-24-13-14-26-20(15-24)17-7-2-1-3-8-17/h1-5,7-10,20H,6,11-16H2,(H,23,25). The second-order valence-electron chi connectivity index (χ2n) is 6.49. The Morgan fingerprint density at radius 2 is 1.96 bits per heavy atom. The molecule has 0 bridgehead atoms. The summed E-state index contributed by atoms with van der Waals surface area (Å²) in [5, 5.41) is 2.81. The van der Waals surface area contributed by atoms with Gasteiger partial charge in [-0.3, -0.25) is 9.69 Å². The fraction of sp³-hybridized carbons (Fsp3) is 0.381. The number of nitrogens with zero attached hydrogens (tertiary/aromatic N) is 1. The van der Waals surface area contributed by atoms with Crippen molar-refractivity contribution >= 4 is 5.91 Å². The molecule has 6 heteroatoms. The summed E-state index contributed by atoms with van der Waals surface area (Å²) in [5.41, 5.74) is 1.20. The normalized spacial score (nSPS) is 17.4. The average Bonchev–Trinajstić information content (AvgIpc) is 2.71. The number of carbonyl (C=O) groups is 1. The number of nitrogens with one attached hydrogen (secondary N) is 1. The largest absolute Gasteiger partial charge is 0.481 e. The van der Waals surface area contributed by atoms with Gasteiger partial charge in [-0.25, -0.2) is 4.39 Å². The number of benzene rings is 2. The van der Waals surface area contributed by atoms with E-state index in [4.69, 9.17) is 9.47 Å². The Balaban J connectivity index is 1.32. The quantitative estimate of drug-likeness (QED) is 0.724. The Bertz CT molecular complexity index is 726.